The number of ether oxygens (including phenoxy) is 1. The van der Waals surface area contributed by atoms with Gasteiger partial charge in [-0.2, -0.15) is 0 Å². The van der Waals surface area contributed by atoms with Crippen LogP contribution in [0.5, 0.6) is 5.75 Å². The smallest absolute Gasteiger partial charge is 0.165 e. The molecule has 0 aliphatic heterocycles. The van der Waals surface area contributed by atoms with E-state index in [0.29, 0.717) is 5.92 Å². The van der Waals surface area contributed by atoms with E-state index in [1.807, 2.05) is 13.8 Å². The second-order valence-corrected chi connectivity index (χ2v) is 3.66. The molecule has 14 heavy (non-hydrogen) atoms. The van der Waals surface area contributed by atoms with Gasteiger partial charge in [-0.15, -0.1) is 0 Å². The number of halogens is 1. The molecule has 1 aromatic rings. The lowest BCUT2D eigenvalue weighted by Crippen LogP contribution is -2.16. The van der Waals surface area contributed by atoms with E-state index in [4.69, 9.17) is 10.5 Å². The van der Waals surface area contributed by atoms with Crippen LogP contribution in [0.1, 0.15) is 25.5 Å². The van der Waals surface area contributed by atoms with Crippen LogP contribution in [0.25, 0.3) is 0 Å². The van der Waals surface area contributed by atoms with Gasteiger partial charge in [-0.05, 0) is 23.6 Å². The minimum atomic E-state index is -0.360. The van der Waals surface area contributed by atoms with E-state index >= 15 is 0 Å². The molecule has 3 heteroatoms. The van der Waals surface area contributed by atoms with Crippen LogP contribution < -0.4 is 10.5 Å². The molecule has 0 aliphatic rings. The molecule has 1 unspecified atom stereocenters. The number of hydrogen-bond acceptors (Lipinski definition) is 2. The number of rotatable bonds is 3. The van der Waals surface area contributed by atoms with Crippen LogP contribution in [-0.2, 0) is 0 Å². The van der Waals surface area contributed by atoms with Gasteiger partial charge in [0.05, 0.1) is 7.11 Å². The molecule has 0 saturated carbocycles. The Morgan fingerprint density at radius 1 is 1.36 bits per heavy atom. The van der Waals surface area contributed by atoms with Gasteiger partial charge < -0.3 is 10.5 Å². The van der Waals surface area contributed by atoms with Crippen molar-refractivity contribution in [3.8, 4) is 5.75 Å². The van der Waals surface area contributed by atoms with Gasteiger partial charge in [-0.1, -0.05) is 19.9 Å². The van der Waals surface area contributed by atoms with Gasteiger partial charge in [0, 0.05) is 6.04 Å². The van der Waals surface area contributed by atoms with Crippen LogP contribution in [0.15, 0.2) is 18.2 Å². The van der Waals surface area contributed by atoms with Crippen LogP contribution in [0.2, 0.25) is 0 Å². The molecule has 1 atom stereocenters. The summed E-state index contributed by atoms with van der Waals surface area (Å²) >= 11 is 0. The highest BCUT2D eigenvalue weighted by molar-refractivity contribution is 5.31. The highest BCUT2D eigenvalue weighted by Gasteiger charge is 2.12. The van der Waals surface area contributed by atoms with Gasteiger partial charge in [-0.3, -0.25) is 0 Å². The summed E-state index contributed by atoms with van der Waals surface area (Å²) in [5.74, 6) is 0.189. The molecule has 0 heterocycles. The Hall–Kier alpha value is -1.09. The first kappa shape index (κ1) is 11.0. The van der Waals surface area contributed by atoms with E-state index in [2.05, 4.69) is 0 Å². The molecule has 0 fully saturated rings. The second kappa shape index (κ2) is 4.42. The summed E-state index contributed by atoms with van der Waals surface area (Å²) in [5.41, 5.74) is 6.69. The van der Waals surface area contributed by atoms with Crippen molar-refractivity contribution in [2.45, 2.75) is 19.9 Å². The predicted molar refractivity (Wildman–Crippen MR) is 54.7 cm³/mol. The van der Waals surface area contributed by atoms with Crippen LogP contribution in [-0.4, -0.2) is 7.11 Å². The third kappa shape index (κ3) is 2.23. The summed E-state index contributed by atoms with van der Waals surface area (Å²) in [7, 11) is 1.44. The Balaban J connectivity index is 2.96. The van der Waals surface area contributed by atoms with Crippen molar-refractivity contribution in [1.82, 2.24) is 0 Å². The summed E-state index contributed by atoms with van der Waals surface area (Å²) in [4.78, 5) is 0. The summed E-state index contributed by atoms with van der Waals surface area (Å²) in [6.45, 7) is 4.01. The monoisotopic (exact) mass is 197 g/mol. The molecule has 0 spiro atoms. The third-order valence-electron chi connectivity index (χ3n) is 2.28. The zero-order valence-corrected chi connectivity index (χ0v) is 8.75. The fourth-order valence-electron chi connectivity index (χ4n) is 1.27. The SMILES string of the molecule is COc1ccc(C(N)C(C)C)cc1F. The Labute approximate surface area is 83.9 Å². The number of hydrogen-bond donors (Lipinski definition) is 1. The van der Waals surface area contributed by atoms with Crippen molar-refractivity contribution < 1.29 is 9.13 Å². The molecule has 1 aromatic carbocycles. The average molecular weight is 197 g/mol. The van der Waals surface area contributed by atoms with Crippen LogP contribution in [0.4, 0.5) is 4.39 Å². The maximum atomic E-state index is 13.3. The Kier molecular flexibility index (Phi) is 3.47. The zero-order valence-electron chi connectivity index (χ0n) is 8.75. The van der Waals surface area contributed by atoms with E-state index in [0.717, 1.165) is 5.56 Å². The molecule has 0 amide bonds. The third-order valence-corrected chi connectivity index (χ3v) is 2.28. The maximum absolute atomic E-state index is 13.3. The minimum absolute atomic E-state index is 0.129. The molecule has 2 N–H and O–H groups in total. The van der Waals surface area contributed by atoms with Gasteiger partial charge in [-0.25, -0.2) is 4.39 Å². The summed E-state index contributed by atoms with van der Waals surface area (Å²) < 4.78 is 18.1. The van der Waals surface area contributed by atoms with E-state index < -0.39 is 0 Å². The van der Waals surface area contributed by atoms with E-state index in [9.17, 15) is 4.39 Å². The summed E-state index contributed by atoms with van der Waals surface area (Å²) in [6.07, 6.45) is 0. The molecule has 0 radical (unpaired) electrons. The molecule has 0 aromatic heterocycles. The van der Waals surface area contributed by atoms with Crippen LogP contribution in [0, 0.1) is 11.7 Å². The van der Waals surface area contributed by atoms with E-state index in [1.165, 1.54) is 13.2 Å². The predicted octanol–water partition coefficient (Wildman–Crippen LogP) is 2.49. The average Bonchev–Trinajstić information content (AvgIpc) is 2.16. The lowest BCUT2D eigenvalue weighted by atomic mass is 9.97. The van der Waals surface area contributed by atoms with Crippen molar-refractivity contribution in [2.75, 3.05) is 7.11 Å². The first-order valence-corrected chi connectivity index (χ1v) is 4.65. The van der Waals surface area contributed by atoms with Crippen molar-refractivity contribution in [2.24, 2.45) is 11.7 Å². The molecule has 1 rings (SSSR count). The van der Waals surface area contributed by atoms with Crippen LogP contribution >= 0.6 is 0 Å². The van der Waals surface area contributed by atoms with E-state index in [1.54, 1.807) is 12.1 Å². The molecule has 0 bridgehead atoms. The van der Waals surface area contributed by atoms with Crippen molar-refractivity contribution in [1.29, 1.82) is 0 Å². The molecular formula is C11H16FNO. The summed E-state index contributed by atoms with van der Waals surface area (Å²) in [5, 5.41) is 0. The van der Waals surface area contributed by atoms with Gasteiger partial charge in [0.25, 0.3) is 0 Å². The number of nitrogens with two attached hydrogens (primary N) is 1. The molecular weight excluding hydrogens is 181 g/mol. The topological polar surface area (TPSA) is 35.2 Å². The van der Waals surface area contributed by atoms with Crippen molar-refractivity contribution in [3.63, 3.8) is 0 Å². The van der Waals surface area contributed by atoms with Gasteiger partial charge in [0.1, 0.15) is 0 Å². The van der Waals surface area contributed by atoms with E-state index in [-0.39, 0.29) is 17.6 Å². The van der Waals surface area contributed by atoms with Crippen LogP contribution in [0.3, 0.4) is 0 Å². The lowest BCUT2D eigenvalue weighted by Gasteiger charge is -2.16. The molecule has 0 aliphatic carbocycles. The Morgan fingerprint density at radius 2 is 2.00 bits per heavy atom. The first-order chi connectivity index (χ1) is 6.56. The van der Waals surface area contributed by atoms with Gasteiger partial charge >= 0.3 is 0 Å². The Bertz CT molecular complexity index is 312. The standard InChI is InChI=1S/C11H16FNO/c1-7(2)11(13)8-4-5-10(14-3)9(12)6-8/h4-7,11H,13H2,1-3H3. The number of benzene rings is 1. The second-order valence-electron chi connectivity index (χ2n) is 3.66. The highest BCUT2D eigenvalue weighted by Crippen LogP contribution is 2.24. The number of methoxy groups -OCH3 is 1. The van der Waals surface area contributed by atoms with Crippen molar-refractivity contribution in [3.05, 3.63) is 29.6 Å². The fraction of sp³-hybridized carbons (Fsp3) is 0.455. The molecule has 78 valence electrons. The largest absolute Gasteiger partial charge is 0.494 e. The van der Waals surface area contributed by atoms with Gasteiger partial charge in [0.2, 0.25) is 0 Å². The summed E-state index contributed by atoms with van der Waals surface area (Å²) in [6, 6.07) is 4.71. The molecule has 2 nitrogen and oxygen atoms in total. The minimum Gasteiger partial charge on any atom is -0.494 e. The Morgan fingerprint density at radius 3 is 2.43 bits per heavy atom. The zero-order chi connectivity index (χ0) is 10.7. The first-order valence-electron chi connectivity index (χ1n) is 4.65. The normalized spacial score (nSPS) is 13.0. The fourth-order valence-corrected chi connectivity index (χ4v) is 1.27. The van der Waals surface area contributed by atoms with Crippen molar-refractivity contribution >= 4 is 0 Å². The highest BCUT2D eigenvalue weighted by atomic mass is 19.1. The molecule has 0 saturated heterocycles. The lowest BCUT2D eigenvalue weighted by molar-refractivity contribution is 0.385. The van der Waals surface area contributed by atoms with Gasteiger partial charge in [0.15, 0.2) is 11.6 Å². The quantitative estimate of drug-likeness (QED) is 0.808. The maximum Gasteiger partial charge on any atom is 0.165 e.